The lowest BCUT2D eigenvalue weighted by Crippen LogP contribution is -2.49. The number of nitrogens with zero attached hydrogens (tertiary/aromatic N) is 1. The average Bonchev–Trinajstić information content (AvgIpc) is 3.13. The summed E-state index contributed by atoms with van der Waals surface area (Å²) in [5.74, 6) is 0.796. The van der Waals surface area contributed by atoms with Crippen LogP contribution in [0.5, 0.6) is 0 Å². The van der Waals surface area contributed by atoms with Crippen LogP contribution >= 0.6 is 0 Å². The minimum absolute atomic E-state index is 0.761. The van der Waals surface area contributed by atoms with Gasteiger partial charge < -0.3 is 5.32 Å². The Morgan fingerprint density at radius 2 is 1.94 bits per heavy atom. The Kier molecular flexibility index (Phi) is 4.87. The quantitative estimate of drug-likeness (QED) is 0.765. The molecule has 2 rings (SSSR count). The van der Waals surface area contributed by atoms with E-state index in [0.717, 1.165) is 24.0 Å². The molecule has 0 bridgehead atoms. The van der Waals surface area contributed by atoms with Crippen LogP contribution in [-0.2, 0) is 0 Å². The summed E-state index contributed by atoms with van der Waals surface area (Å²) in [6.07, 6.45) is 8.38. The lowest BCUT2D eigenvalue weighted by Gasteiger charge is -2.38. The highest BCUT2D eigenvalue weighted by Gasteiger charge is 2.35. The molecule has 0 amide bonds. The first-order valence-electron chi connectivity index (χ1n) is 7.71. The molecule has 2 fully saturated rings. The first-order valence-corrected chi connectivity index (χ1v) is 7.71. The van der Waals surface area contributed by atoms with E-state index in [4.69, 9.17) is 0 Å². The van der Waals surface area contributed by atoms with Crippen molar-refractivity contribution in [2.75, 3.05) is 13.1 Å². The Balaban J connectivity index is 1.91. The fourth-order valence-corrected chi connectivity index (χ4v) is 3.38. The molecule has 0 aromatic carbocycles. The van der Waals surface area contributed by atoms with Crippen LogP contribution in [0.4, 0.5) is 0 Å². The molecule has 1 heterocycles. The van der Waals surface area contributed by atoms with E-state index in [-0.39, 0.29) is 0 Å². The molecule has 1 aliphatic heterocycles. The van der Waals surface area contributed by atoms with Gasteiger partial charge in [-0.3, -0.25) is 4.90 Å². The number of hydrogen-bond donors (Lipinski definition) is 1. The zero-order valence-corrected chi connectivity index (χ0v) is 11.9. The maximum Gasteiger partial charge on any atom is 0.0195 e. The zero-order valence-electron chi connectivity index (χ0n) is 11.9. The molecule has 1 saturated heterocycles. The first kappa shape index (κ1) is 13.4. The van der Waals surface area contributed by atoms with E-state index in [9.17, 15) is 0 Å². The van der Waals surface area contributed by atoms with Gasteiger partial charge in [0.15, 0.2) is 0 Å². The molecule has 1 saturated carbocycles. The minimum Gasteiger partial charge on any atom is -0.313 e. The molecular formula is C15H30N2. The van der Waals surface area contributed by atoms with Gasteiger partial charge in [0.1, 0.15) is 0 Å². The second kappa shape index (κ2) is 6.19. The number of piperidine rings is 1. The van der Waals surface area contributed by atoms with Crippen LogP contribution in [0.2, 0.25) is 0 Å². The van der Waals surface area contributed by atoms with E-state index in [2.05, 4.69) is 31.0 Å². The van der Waals surface area contributed by atoms with Crippen LogP contribution < -0.4 is 5.32 Å². The SMILES string of the molecule is CCC(C(C)C)N(CC1CCCCN1)C1CC1. The van der Waals surface area contributed by atoms with Gasteiger partial charge in [0, 0.05) is 24.7 Å². The Bertz CT molecular complexity index is 217. The molecule has 2 unspecified atom stereocenters. The van der Waals surface area contributed by atoms with E-state index < -0.39 is 0 Å². The fraction of sp³-hybridized carbons (Fsp3) is 1.00. The lowest BCUT2D eigenvalue weighted by molar-refractivity contribution is 0.120. The third-order valence-electron chi connectivity index (χ3n) is 4.47. The van der Waals surface area contributed by atoms with Crippen LogP contribution in [0.15, 0.2) is 0 Å². The maximum atomic E-state index is 3.71. The molecule has 0 spiro atoms. The molecular weight excluding hydrogens is 208 g/mol. The van der Waals surface area contributed by atoms with Crippen molar-refractivity contribution < 1.29 is 0 Å². The van der Waals surface area contributed by atoms with Gasteiger partial charge in [0.25, 0.3) is 0 Å². The molecule has 2 nitrogen and oxygen atoms in total. The minimum atomic E-state index is 0.761. The monoisotopic (exact) mass is 238 g/mol. The molecule has 17 heavy (non-hydrogen) atoms. The molecule has 2 heteroatoms. The summed E-state index contributed by atoms with van der Waals surface area (Å²) in [7, 11) is 0. The molecule has 1 N–H and O–H groups in total. The van der Waals surface area contributed by atoms with Crippen LogP contribution in [0.1, 0.15) is 59.3 Å². The van der Waals surface area contributed by atoms with Crippen molar-refractivity contribution >= 4 is 0 Å². The second-order valence-corrected chi connectivity index (χ2v) is 6.29. The highest BCUT2D eigenvalue weighted by molar-refractivity contribution is 4.92. The highest BCUT2D eigenvalue weighted by Crippen LogP contribution is 2.32. The van der Waals surface area contributed by atoms with Gasteiger partial charge in [-0.15, -0.1) is 0 Å². The Morgan fingerprint density at radius 1 is 1.18 bits per heavy atom. The second-order valence-electron chi connectivity index (χ2n) is 6.29. The predicted octanol–water partition coefficient (Wildman–Crippen LogP) is 3.03. The molecule has 0 aromatic rings. The van der Waals surface area contributed by atoms with Crippen LogP contribution in [0, 0.1) is 5.92 Å². The standard InChI is InChI=1S/C15H30N2/c1-4-15(12(2)3)17(14-8-9-14)11-13-7-5-6-10-16-13/h12-16H,4-11H2,1-3H3. The molecule has 1 aliphatic carbocycles. The number of hydrogen-bond acceptors (Lipinski definition) is 2. The Morgan fingerprint density at radius 3 is 2.41 bits per heavy atom. The van der Waals surface area contributed by atoms with Gasteiger partial charge in [0.05, 0.1) is 0 Å². The van der Waals surface area contributed by atoms with Crippen molar-refractivity contribution in [1.29, 1.82) is 0 Å². The third kappa shape index (κ3) is 3.69. The van der Waals surface area contributed by atoms with Gasteiger partial charge in [-0.1, -0.05) is 27.2 Å². The summed E-state index contributed by atoms with van der Waals surface area (Å²) in [6.45, 7) is 9.66. The molecule has 100 valence electrons. The summed E-state index contributed by atoms with van der Waals surface area (Å²) in [5, 5.41) is 3.71. The maximum absolute atomic E-state index is 3.71. The topological polar surface area (TPSA) is 15.3 Å². The van der Waals surface area contributed by atoms with Gasteiger partial charge in [-0.25, -0.2) is 0 Å². The van der Waals surface area contributed by atoms with Crippen molar-refractivity contribution in [3.63, 3.8) is 0 Å². The van der Waals surface area contributed by atoms with Crippen LogP contribution in [0.25, 0.3) is 0 Å². The molecule has 2 aliphatic rings. The zero-order chi connectivity index (χ0) is 12.3. The van der Waals surface area contributed by atoms with Crippen molar-refractivity contribution in [2.24, 2.45) is 5.92 Å². The van der Waals surface area contributed by atoms with Gasteiger partial charge >= 0.3 is 0 Å². The van der Waals surface area contributed by atoms with Crippen LogP contribution in [-0.4, -0.2) is 36.1 Å². The average molecular weight is 238 g/mol. The summed E-state index contributed by atoms with van der Waals surface area (Å²) >= 11 is 0. The summed E-state index contributed by atoms with van der Waals surface area (Å²) in [5.41, 5.74) is 0. The molecule has 0 aromatic heterocycles. The molecule has 0 radical (unpaired) electrons. The smallest absolute Gasteiger partial charge is 0.0195 e. The first-order chi connectivity index (χ1) is 8.22. The van der Waals surface area contributed by atoms with Gasteiger partial charge in [-0.2, -0.15) is 0 Å². The van der Waals surface area contributed by atoms with E-state index in [1.165, 1.54) is 51.6 Å². The fourth-order valence-electron chi connectivity index (χ4n) is 3.38. The predicted molar refractivity (Wildman–Crippen MR) is 74.3 cm³/mol. The van der Waals surface area contributed by atoms with Crippen molar-refractivity contribution in [2.45, 2.75) is 77.4 Å². The third-order valence-corrected chi connectivity index (χ3v) is 4.47. The van der Waals surface area contributed by atoms with Gasteiger partial charge in [0.2, 0.25) is 0 Å². The summed E-state index contributed by atoms with van der Waals surface area (Å²) < 4.78 is 0. The number of rotatable bonds is 6. The van der Waals surface area contributed by atoms with Crippen LogP contribution in [0.3, 0.4) is 0 Å². The van der Waals surface area contributed by atoms with Crippen molar-refractivity contribution in [1.82, 2.24) is 10.2 Å². The van der Waals surface area contributed by atoms with Gasteiger partial charge in [-0.05, 0) is 44.6 Å². The number of nitrogens with one attached hydrogen (secondary N) is 1. The van der Waals surface area contributed by atoms with E-state index in [1.54, 1.807) is 0 Å². The molecule has 2 atom stereocenters. The summed E-state index contributed by atoms with van der Waals surface area (Å²) in [6, 6.07) is 2.47. The van der Waals surface area contributed by atoms with Crippen molar-refractivity contribution in [3.05, 3.63) is 0 Å². The Hall–Kier alpha value is -0.0800. The highest BCUT2D eigenvalue weighted by atomic mass is 15.2. The van der Waals surface area contributed by atoms with Crippen molar-refractivity contribution in [3.8, 4) is 0 Å². The normalized spacial score (nSPS) is 27.7. The Labute approximate surface area is 107 Å². The van der Waals surface area contributed by atoms with E-state index in [1.807, 2.05) is 0 Å². The van der Waals surface area contributed by atoms with E-state index in [0.29, 0.717) is 0 Å². The largest absolute Gasteiger partial charge is 0.313 e. The lowest BCUT2D eigenvalue weighted by atomic mass is 9.97. The van der Waals surface area contributed by atoms with E-state index >= 15 is 0 Å². The summed E-state index contributed by atoms with van der Waals surface area (Å²) in [4.78, 5) is 2.83.